The average molecular weight is 852 g/mol. The van der Waals surface area contributed by atoms with Gasteiger partial charge < -0.3 is 42.1 Å². The third-order valence-electron chi connectivity index (χ3n) is 11.4. The van der Waals surface area contributed by atoms with Crippen LogP contribution in [-0.2, 0) is 29.0 Å². The van der Waals surface area contributed by atoms with Crippen LogP contribution < -0.4 is 25.9 Å². The smallest absolute Gasteiger partial charge is 0.497 e. The van der Waals surface area contributed by atoms with Crippen LogP contribution in [0.15, 0.2) is 81.8 Å². The molecule has 0 saturated carbocycles. The van der Waals surface area contributed by atoms with Crippen LogP contribution >= 0.6 is 0 Å². The molecule has 7 rings (SSSR count). The van der Waals surface area contributed by atoms with Crippen molar-refractivity contribution < 1.29 is 36.6 Å². The van der Waals surface area contributed by atoms with E-state index in [9.17, 15) is 14.4 Å². The lowest BCUT2D eigenvalue weighted by Gasteiger charge is -2.30. The van der Waals surface area contributed by atoms with E-state index < -0.39 is 12.7 Å². The molecule has 0 bridgehead atoms. The van der Waals surface area contributed by atoms with Crippen LogP contribution in [0.3, 0.4) is 0 Å². The third-order valence-corrected chi connectivity index (χ3v) is 11.4. The average Bonchev–Trinajstić information content (AvgIpc) is 4.06. The van der Waals surface area contributed by atoms with Gasteiger partial charge in [0.2, 0.25) is 11.8 Å². The Hall–Kier alpha value is -6.59. The number of amides is 2. The highest BCUT2D eigenvalue weighted by molar-refractivity contribution is 6.58. The first-order valence-corrected chi connectivity index (χ1v) is 21.1. The topological polar surface area (TPSA) is 163 Å². The molecule has 15 nitrogen and oxygen atoms in total. The molecule has 0 fully saturated rings. The minimum atomic E-state index is -4.18. The van der Waals surface area contributed by atoms with Crippen molar-refractivity contribution in [1.29, 1.82) is 0 Å². The SMILES string of the molecule is COc1ccc(C2=[N+]3C(=Cc4c(C)c(CCC(=O)NCCCn5cc(CCCCCCCCC(=O)Nc6ccc(-n7nc(OC)oc7=O)cc6)nn5)c(C)n4[B-]3(F)F)C=C2)cc1. The minimum Gasteiger partial charge on any atom is -0.497 e. The van der Waals surface area contributed by atoms with Gasteiger partial charge in [-0.3, -0.25) is 14.3 Å². The molecule has 5 heterocycles. The number of allylic oxidation sites excluding steroid dienone is 2. The maximum Gasteiger partial charge on any atom is 0.737 e. The Kier molecular flexibility index (Phi) is 13.6. The summed E-state index contributed by atoms with van der Waals surface area (Å²) in [6.07, 6.45) is 15.5. The number of hydrogen-bond donors (Lipinski definition) is 2. The zero-order valence-electron chi connectivity index (χ0n) is 35.5. The number of hydrogen-bond acceptors (Lipinski definition) is 9. The Bertz CT molecular complexity index is 2550. The first-order chi connectivity index (χ1) is 30.0. The third kappa shape index (κ3) is 9.79. The summed E-state index contributed by atoms with van der Waals surface area (Å²) in [5.41, 5.74) is 6.09. The normalized spacial score (nSPS) is 13.8. The Labute approximate surface area is 358 Å². The first kappa shape index (κ1) is 43.5. The molecule has 0 atom stereocenters. The van der Waals surface area contributed by atoms with Crippen molar-refractivity contribution in [3.05, 3.63) is 117 Å². The Balaban J connectivity index is 0.760. The number of ether oxygens (including phenoxy) is 2. The Morgan fingerprint density at radius 2 is 1.61 bits per heavy atom. The first-order valence-electron chi connectivity index (χ1n) is 21.1. The van der Waals surface area contributed by atoms with E-state index in [1.165, 1.54) is 7.11 Å². The highest BCUT2D eigenvalue weighted by atomic mass is 19.2. The summed E-state index contributed by atoms with van der Waals surface area (Å²) >= 11 is 0. The van der Waals surface area contributed by atoms with Gasteiger partial charge in [-0.1, -0.05) is 36.0 Å². The predicted octanol–water partition coefficient (Wildman–Crippen LogP) is 6.55. The zero-order valence-corrected chi connectivity index (χ0v) is 35.5. The van der Waals surface area contributed by atoms with Crippen LogP contribution in [0, 0.1) is 13.8 Å². The maximum absolute atomic E-state index is 16.4. The van der Waals surface area contributed by atoms with E-state index in [0.717, 1.165) is 75.4 Å². The molecule has 62 heavy (non-hydrogen) atoms. The monoisotopic (exact) mass is 851 g/mol. The van der Waals surface area contributed by atoms with Crippen molar-refractivity contribution in [3.63, 3.8) is 0 Å². The van der Waals surface area contributed by atoms with E-state index in [2.05, 4.69) is 26.0 Å². The van der Waals surface area contributed by atoms with Crippen molar-refractivity contribution in [1.82, 2.24) is 34.6 Å². The summed E-state index contributed by atoms with van der Waals surface area (Å²) in [6, 6.07) is 13.8. The molecule has 18 heteroatoms. The number of nitrogens with one attached hydrogen (secondary N) is 2. The summed E-state index contributed by atoms with van der Waals surface area (Å²) in [5.74, 6) is -0.195. The molecule has 2 aliphatic heterocycles. The van der Waals surface area contributed by atoms with Gasteiger partial charge in [0, 0.05) is 67.3 Å². The molecule has 2 aromatic carbocycles. The van der Waals surface area contributed by atoms with Gasteiger partial charge in [-0.25, -0.2) is 4.79 Å². The molecule has 2 N–H and O–H groups in total. The summed E-state index contributed by atoms with van der Waals surface area (Å²) in [6.45, 7) is 0.469. The Morgan fingerprint density at radius 3 is 2.34 bits per heavy atom. The number of halogens is 2. The minimum absolute atomic E-state index is 0.0613. The largest absolute Gasteiger partial charge is 0.737 e. The number of methoxy groups -OCH3 is 2. The van der Waals surface area contributed by atoms with Crippen molar-refractivity contribution in [2.75, 3.05) is 26.1 Å². The van der Waals surface area contributed by atoms with Crippen LogP contribution in [0.5, 0.6) is 11.8 Å². The van der Waals surface area contributed by atoms with Crippen molar-refractivity contribution in [3.8, 4) is 17.5 Å². The molecule has 0 unspecified atom stereocenters. The maximum atomic E-state index is 16.4. The molecule has 0 radical (unpaired) electrons. The van der Waals surface area contributed by atoms with Gasteiger partial charge in [-0.05, 0) is 111 Å². The lowest BCUT2D eigenvalue weighted by atomic mass is 9.90. The van der Waals surface area contributed by atoms with Crippen LogP contribution in [0.2, 0.25) is 0 Å². The quantitative estimate of drug-likeness (QED) is 0.0616. The molecule has 5 aromatic rings. The summed E-state index contributed by atoms with van der Waals surface area (Å²) < 4.78 is 52.9. The summed E-state index contributed by atoms with van der Waals surface area (Å²) in [4.78, 5) is 37.2. The second-order valence-corrected chi connectivity index (χ2v) is 15.6. The fraction of sp³-hybridized carbons (Fsp3) is 0.386. The highest BCUT2D eigenvalue weighted by Crippen LogP contribution is 2.37. The molecule has 3 aromatic heterocycles. The van der Waals surface area contributed by atoms with Gasteiger partial charge in [0.05, 0.1) is 25.6 Å². The number of fused-ring (bicyclic) bond motifs is 2. The molecular weight excluding hydrogens is 799 g/mol. The van der Waals surface area contributed by atoms with Gasteiger partial charge in [0.1, 0.15) is 5.75 Å². The van der Waals surface area contributed by atoms with E-state index in [4.69, 9.17) is 13.9 Å². The second-order valence-electron chi connectivity index (χ2n) is 15.6. The van der Waals surface area contributed by atoms with E-state index in [-0.39, 0.29) is 24.3 Å². The van der Waals surface area contributed by atoms with E-state index in [1.54, 1.807) is 85.5 Å². The number of benzene rings is 2. The second kappa shape index (κ2) is 19.4. The summed E-state index contributed by atoms with van der Waals surface area (Å²) in [5, 5.41) is 18.3. The van der Waals surface area contributed by atoms with E-state index in [1.807, 2.05) is 13.1 Å². The lowest BCUT2D eigenvalue weighted by molar-refractivity contribution is -0.360. The van der Waals surface area contributed by atoms with Crippen molar-refractivity contribution in [2.45, 2.75) is 91.0 Å². The fourth-order valence-electron chi connectivity index (χ4n) is 8.13. The molecular formula is C44H52BF2N9O6. The summed E-state index contributed by atoms with van der Waals surface area (Å²) in [7, 11) is 2.93. The number of unbranched alkanes of at least 4 members (excludes halogenated alkanes) is 5. The number of aryl methyl sites for hydroxylation is 2. The van der Waals surface area contributed by atoms with E-state index in [0.29, 0.717) is 77.8 Å². The van der Waals surface area contributed by atoms with Crippen molar-refractivity contribution >= 4 is 36.3 Å². The molecule has 0 saturated heterocycles. The van der Waals surface area contributed by atoms with Crippen molar-refractivity contribution in [2.24, 2.45) is 0 Å². The van der Waals surface area contributed by atoms with Crippen LogP contribution in [0.1, 0.15) is 91.6 Å². The van der Waals surface area contributed by atoms with Crippen LogP contribution in [0.4, 0.5) is 14.3 Å². The molecule has 0 spiro atoms. The number of nitrogens with zero attached hydrogens (tertiary/aromatic N) is 7. The predicted molar refractivity (Wildman–Crippen MR) is 231 cm³/mol. The van der Waals surface area contributed by atoms with Gasteiger partial charge in [-0.15, -0.1) is 5.10 Å². The number of carbonyl (C=O) groups is 2. The molecule has 0 aliphatic carbocycles. The number of carbonyl (C=O) groups excluding carboxylic acids is 2. The van der Waals surface area contributed by atoms with E-state index >= 15 is 8.63 Å². The molecule has 2 amide bonds. The van der Waals surface area contributed by atoms with Gasteiger partial charge in [0.15, 0.2) is 11.4 Å². The zero-order chi connectivity index (χ0) is 43.8. The lowest BCUT2D eigenvalue weighted by Crippen LogP contribution is -2.50. The Morgan fingerprint density at radius 1 is 0.871 bits per heavy atom. The van der Waals surface area contributed by atoms with Crippen LogP contribution in [0.25, 0.3) is 11.8 Å². The molecule has 326 valence electrons. The fourth-order valence-corrected chi connectivity index (χ4v) is 8.13. The number of aromatic nitrogens is 6. The van der Waals surface area contributed by atoms with Crippen LogP contribution in [-0.4, -0.2) is 79.0 Å². The number of anilines is 1. The van der Waals surface area contributed by atoms with Gasteiger partial charge in [0.25, 0.3) is 0 Å². The van der Waals surface area contributed by atoms with Gasteiger partial charge >= 0.3 is 18.8 Å². The molecule has 2 aliphatic rings. The standard InChI is InChI=1S/C44H52BF2N9O6/c1-30-38(31(2)54-40(30)28-36-20-24-39(55(36)45(54,46)47)32-14-21-37(60-3)22-15-32)23-25-41(57)48-26-11-27-53-29-34(50-52-53)12-9-7-5-6-8-10-13-42(58)49-33-16-18-35(19-17-33)56-44(59)62-43(51-56)61-4/h14-22,24,28-29H,5-13,23,25-27H2,1-4H3,(H,48,57)(H,49,58). The number of rotatable bonds is 21. The highest BCUT2D eigenvalue weighted by Gasteiger charge is 2.53. The van der Waals surface area contributed by atoms with Gasteiger partial charge in [-0.2, -0.15) is 4.68 Å².